The molecule has 0 unspecified atom stereocenters. The lowest BCUT2D eigenvalue weighted by atomic mass is 10.1. The second-order valence-corrected chi connectivity index (χ2v) is 5.19. The van der Waals surface area contributed by atoms with Crippen molar-refractivity contribution in [3.8, 4) is 0 Å². The predicted octanol–water partition coefficient (Wildman–Crippen LogP) is 4.98. The molecule has 0 aliphatic carbocycles. The molecule has 1 rings (SSSR count). The number of allylic oxidation sites excluding steroid dienone is 4. The maximum Gasteiger partial charge on any atom is 0.00829 e. The molecule has 0 spiro atoms. The van der Waals surface area contributed by atoms with Crippen LogP contribution in [0.1, 0.15) is 38.5 Å². The predicted molar refractivity (Wildman–Crippen MR) is 70.4 cm³/mol. The Labute approximate surface area is 97.3 Å². The Hall–Kier alpha value is -0.820. The van der Waals surface area contributed by atoms with E-state index in [1.54, 1.807) is 0 Å². The van der Waals surface area contributed by atoms with Crippen LogP contribution >= 0.6 is 11.3 Å². The van der Waals surface area contributed by atoms with Gasteiger partial charge in [-0.05, 0) is 51.5 Å². The normalized spacial score (nSPS) is 11.5. The molecule has 0 radical (unpaired) electrons. The molecule has 0 nitrogen and oxygen atoms in total. The molecule has 0 saturated heterocycles. The molecule has 82 valence electrons. The molecular formula is C14H20S. The number of hydrogen-bond donors (Lipinski definition) is 0. The minimum Gasteiger partial charge on any atom is -0.149 e. The molecule has 1 heterocycles. The minimum atomic E-state index is 1.10. The fourth-order valence-electron chi connectivity index (χ4n) is 1.39. The van der Waals surface area contributed by atoms with Gasteiger partial charge in [0.1, 0.15) is 0 Å². The molecular weight excluding hydrogens is 200 g/mol. The van der Waals surface area contributed by atoms with Gasteiger partial charge >= 0.3 is 0 Å². The third kappa shape index (κ3) is 5.58. The van der Waals surface area contributed by atoms with Gasteiger partial charge in [0, 0.05) is 4.88 Å². The smallest absolute Gasteiger partial charge is 0.00829 e. The van der Waals surface area contributed by atoms with Gasteiger partial charge in [0.15, 0.2) is 0 Å². The second-order valence-electron chi connectivity index (χ2n) is 4.15. The molecule has 0 atom stereocenters. The van der Waals surface area contributed by atoms with Crippen LogP contribution in [0.25, 0.3) is 0 Å². The second kappa shape index (κ2) is 6.62. The summed E-state index contributed by atoms with van der Waals surface area (Å²) in [5.74, 6) is 0. The van der Waals surface area contributed by atoms with Crippen molar-refractivity contribution >= 4 is 11.3 Å². The lowest BCUT2D eigenvalue weighted by molar-refractivity contribution is 0.957. The van der Waals surface area contributed by atoms with E-state index >= 15 is 0 Å². The van der Waals surface area contributed by atoms with Crippen LogP contribution in [0.2, 0.25) is 0 Å². The monoisotopic (exact) mass is 220 g/mol. The van der Waals surface area contributed by atoms with Crippen LogP contribution in [-0.2, 0) is 6.42 Å². The van der Waals surface area contributed by atoms with Gasteiger partial charge < -0.3 is 0 Å². The summed E-state index contributed by atoms with van der Waals surface area (Å²) in [6.07, 6.45) is 8.12. The molecule has 0 aromatic carbocycles. The molecule has 0 aliphatic rings. The summed E-state index contributed by atoms with van der Waals surface area (Å²) in [6.45, 7) is 6.54. The summed E-state index contributed by atoms with van der Waals surface area (Å²) in [5.41, 5.74) is 2.92. The zero-order valence-electron chi connectivity index (χ0n) is 9.92. The van der Waals surface area contributed by atoms with Crippen molar-refractivity contribution in [3.63, 3.8) is 0 Å². The van der Waals surface area contributed by atoms with Crippen molar-refractivity contribution in [1.82, 2.24) is 0 Å². The molecule has 1 heteroatoms. The van der Waals surface area contributed by atoms with E-state index in [0.29, 0.717) is 0 Å². The first-order chi connectivity index (χ1) is 7.18. The van der Waals surface area contributed by atoms with E-state index in [0.717, 1.165) is 6.42 Å². The van der Waals surface area contributed by atoms with Gasteiger partial charge in [-0.3, -0.25) is 0 Å². The molecule has 0 fully saturated rings. The fraction of sp³-hybridized carbons (Fsp3) is 0.429. The van der Waals surface area contributed by atoms with Gasteiger partial charge in [0.05, 0.1) is 0 Å². The van der Waals surface area contributed by atoms with Gasteiger partial charge in [-0.1, -0.05) is 29.4 Å². The summed E-state index contributed by atoms with van der Waals surface area (Å²) in [7, 11) is 0. The third-order valence-corrected chi connectivity index (χ3v) is 3.22. The Morgan fingerprint density at radius 1 is 1.27 bits per heavy atom. The summed E-state index contributed by atoms with van der Waals surface area (Å²) in [4.78, 5) is 1.46. The Morgan fingerprint density at radius 3 is 2.67 bits per heavy atom. The van der Waals surface area contributed by atoms with Crippen LogP contribution < -0.4 is 0 Å². The highest BCUT2D eigenvalue weighted by molar-refractivity contribution is 7.09. The van der Waals surface area contributed by atoms with E-state index in [-0.39, 0.29) is 0 Å². The topological polar surface area (TPSA) is 0 Å². The molecule has 0 amide bonds. The SMILES string of the molecule is CC(C)=CCC/C(C)=C/Cc1cccs1. The third-order valence-electron chi connectivity index (χ3n) is 2.32. The highest BCUT2D eigenvalue weighted by Gasteiger charge is 1.92. The van der Waals surface area contributed by atoms with Crippen LogP contribution in [0.3, 0.4) is 0 Å². The van der Waals surface area contributed by atoms with Crippen LogP contribution in [0.5, 0.6) is 0 Å². The first kappa shape index (κ1) is 12.3. The van der Waals surface area contributed by atoms with Crippen molar-refractivity contribution in [2.75, 3.05) is 0 Å². The van der Waals surface area contributed by atoms with Gasteiger partial charge in [-0.2, -0.15) is 0 Å². The quantitative estimate of drug-likeness (QED) is 0.614. The molecule has 0 saturated carbocycles. The van der Waals surface area contributed by atoms with Crippen LogP contribution in [0.15, 0.2) is 40.8 Å². The molecule has 1 aromatic rings. The summed E-state index contributed by atoms with van der Waals surface area (Å²) in [5, 5.41) is 2.14. The van der Waals surface area contributed by atoms with Gasteiger partial charge in [0.2, 0.25) is 0 Å². The molecule has 0 bridgehead atoms. The van der Waals surface area contributed by atoms with E-state index in [4.69, 9.17) is 0 Å². The molecule has 1 aromatic heterocycles. The van der Waals surface area contributed by atoms with Crippen molar-refractivity contribution in [1.29, 1.82) is 0 Å². The fourth-order valence-corrected chi connectivity index (χ4v) is 2.06. The van der Waals surface area contributed by atoms with Gasteiger partial charge in [-0.15, -0.1) is 11.3 Å². The number of thiophene rings is 1. The first-order valence-electron chi connectivity index (χ1n) is 5.50. The standard InChI is InChI=1S/C14H20S/c1-12(2)6-4-7-13(3)9-10-14-8-5-11-15-14/h5-6,8-9,11H,4,7,10H2,1-3H3/b13-9+. The van der Waals surface area contributed by atoms with Crippen molar-refractivity contribution in [3.05, 3.63) is 45.7 Å². The van der Waals surface area contributed by atoms with E-state index < -0.39 is 0 Å². The number of rotatable bonds is 5. The van der Waals surface area contributed by atoms with E-state index in [9.17, 15) is 0 Å². The van der Waals surface area contributed by atoms with E-state index in [1.807, 2.05) is 11.3 Å². The van der Waals surface area contributed by atoms with Crippen LogP contribution in [0.4, 0.5) is 0 Å². The Morgan fingerprint density at radius 2 is 2.07 bits per heavy atom. The average Bonchev–Trinajstić information content (AvgIpc) is 2.66. The average molecular weight is 220 g/mol. The highest BCUT2D eigenvalue weighted by atomic mass is 32.1. The lowest BCUT2D eigenvalue weighted by Crippen LogP contribution is -1.80. The summed E-state index contributed by atoms with van der Waals surface area (Å²) >= 11 is 1.84. The maximum absolute atomic E-state index is 2.35. The summed E-state index contributed by atoms with van der Waals surface area (Å²) < 4.78 is 0. The van der Waals surface area contributed by atoms with Gasteiger partial charge in [-0.25, -0.2) is 0 Å². The Kier molecular flexibility index (Phi) is 5.41. The summed E-state index contributed by atoms with van der Waals surface area (Å²) in [6, 6.07) is 4.32. The van der Waals surface area contributed by atoms with Gasteiger partial charge in [0.25, 0.3) is 0 Å². The lowest BCUT2D eigenvalue weighted by Gasteiger charge is -1.98. The van der Waals surface area contributed by atoms with Crippen molar-refractivity contribution in [2.24, 2.45) is 0 Å². The molecule has 0 N–H and O–H groups in total. The maximum atomic E-state index is 2.35. The van der Waals surface area contributed by atoms with E-state index in [2.05, 4.69) is 50.4 Å². The zero-order chi connectivity index (χ0) is 11.1. The minimum absolute atomic E-state index is 1.10. The first-order valence-corrected chi connectivity index (χ1v) is 6.38. The molecule has 0 aliphatic heterocycles. The Bertz CT molecular complexity index is 324. The zero-order valence-corrected chi connectivity index (χ0v) is 10.7. The van der Waals surface area contributed by atoms with Crippen LogP contribution in [-0.4, -0.2) is 0 Å². The van der Waals surface area contributed by atoms with Crippen molar-refractivity contribution in [2.45, 2.75) is 40.0 Å². The number of hydrogen-bond acceptors (Lipinski definition) is 1. The van der Waals surface area contributed by atoms with Crippen LogP contribution in [0, 0.1) is 0 Å². The largest absolute Gasteiger partial charge is 0.149 e. The van der Waals surface area contributed by atoms with Crippen molar-refractivity contribution < 1.29 is 0 Å². The molecule has 15 heavy (non-hydrogen) atoms. The Balaban J connectivity index is 2.30. The van der Waals surface area contributed by atoms with E-state index in [1.165, 1.54) is 28.9 Å². The highest BCUT2D eigenvalue weighted by Crippen LogP contribution is 2.13.